The van der Waals surface area contributed by atoms with Gasteiger partial charge in [-0.3, -0.25) is 4.79 Å². The first-order chi connectivity index (χ1) is 9.11. The molecule has 19 heavy (non-hydrogen) atoms. The van der Waals surface area contributed by atoms with Gasteiger partial charge in [0.1, 0.15) is 5.02 Å². The highest BCUT2D eigenvalue weighted by atomic mass is 35.5. The van der Waals surface area contributed by atoms with Crippen molar-refractivity contribution in [3.63, 3.8) is 0 Å². The Kier molecular flexibility index (Phi) is 4.61. The Bertz CT molecular complexity index is 515. The number of allylic oxidation sites excluding steroid dienone is 1. The molecule has 0 saturated heterocycles. The van der Waals surface area contributed by atoms with Crippen molar-refractivity contribution in [3.8, 4) is 0 Å². The van der Waals surface area contributed by atoms with Crippen LogP contribution >= 0.6 is 11.6 Å². The van der Waals surface area contributed by atoms with Crippen molar-refractivity contribution in [2.24, 2.45) is 5.92 Å². The maximum atomic E-state index is 11.9. The van der Waals surface area contributed by atoms with Crippen LogP contribution in [0.3, 0.4) is 0 Å². The van der Waals surface area contributed by atoms with Crippen LogP contribution in [0.1, 0.15) is 19.3 Å². The molecule has 0 aliphatic heterocycles. The van der Waals surface area contributed by atoms with E-state index in [4.69, 9.17) is 11.6 Å². The highest BCUT2D eigenvalue weighted by Gasteiger charge is 2.22. The Labute approximate surface area is 116 Å². The summed E-state index contributed by atoms with van der Waals surface area (Å²) in [5, 5.41) is 16.8. The lowest BCUT2D eigenvalue weighted by molar-refractivity contribution is 0.178. The van der Waals surface area contributed by atoms with Crippen LogP contribution in [0.5, 0.6) is 0 Å². The number of rotatable bonds is 5. The second-order valence-electron chi connectivity index (χ2n) is 4.86. The lowest BCUT2D eigenvalue weighted by Crippen LogP contribution is -2.24. The number of halogens is 1. The zero-order chi connectivity index (χ0) is 13.8. The molecule has 0 amide bonds. The Morgan fingerprint density at radius 2 is 2.42 bits per heavy atom. The van der Waals surface area contributed by atoms with Crippen molar-refractivity contribution in [3.05, 3.63) is 34.2 Å². The van der Waals surface area contributed by atoms with Gasteiger partial charge >= 0.3 is 0 Å². The summed E-state index contributed by atoms with van der Waals surface area (Å²) < 4.78 is 1.26. The number of nitrogens with one attached hydrogen (secondary N) is 1. The average Bonchev–Trinajstić information content (AvgIpc) is 2.80. The standard InChI is InChI=1S/C13H18ClN3O2/c1-2-5-17-13(19)12(14)11(8-16-17)15-7-9-3-4-10(18)6-9/h2,8-10,15,18H,1,3-7H2. The van der Waals surface area contributed by atoms with Crippen molar-refractivity contribution >= 4 is 17.3 Å². The fraction of sp³-hybridized carbons (Fsp3) is 0.538. The molecule has 2 N–H and O–H groups in total. The maximum absolute atomic E-state index is 11.9. The minimum atomic E-state index is -0.321. The summed E-state index contributed by atoms with van der Waals surface area (Å²) in [6, 6.07) is 0. The second kappa shape index (κ2) is 6.21. The fourth-order valence-electron chi connectivity index (χ4n) is 2.33. The molecule has 1 aromatic rings. The number of aromatic nitrogens is 2. The highest BCUT2D eigenvalue weighted by molar-refractivity contribution is 6.32. The first kappa shape index (κ1) is 14.1. The van der Waals surface area contributed by atoms with Gasteiger partial charge < -0.3 is 10.4 Å². The van der Waals surface area contributed by atoms with Crippen LogP contribution in [0.2, 0.25) is 5.02 Å². The summed E-state index contributed by atoms with van der Waals surface area (Å²) in [6.45, 7) is 4.60. The van der Waals surface area contributed by atoms with Crippen LogP contribution in [-0.4, -0.2) is 27.5 Å². The zero-order valence-corrected chi connectivity index (χ0v) is 11.4. The van der Waals surface area contributed by atoms with Gasteiger partial charge in [-0.25, -0.2) is 4.68 Å². The molecular weight excluding hydrogens is 266 g/mol. The predicted molar refractivity (Wildman–Crippen MR) is 75.5 cm³/mol. The molecule has 5 nitrogen and oxygen atoms in total. The van der Waals surface area contributed by atoms with Gasteiger partial charge in [-0.2, -0.15) is 5.10 Å². The second-order valence-corrected chi connectivity index (χ2v) is 5.24. The Morgan fingerprint density at radius 3 is 3.05 bits per heavy atom. The SMILES string of the molecule is C=CCn1ncc(NCC2CCC(O)C2)c(Cl)c1=O. The minimum absolute atomic E-state index is 0.149. The molecule has 0 radical (unpaired) electrons. The van der Waals surface area contributed by atoms with Crippen molar-refractivity contribution in [2.45, 2.75) is 31.9 Å². The monoisotopic (exact) mass is 283 g/mol. The first-order valence-corrected chi connectivity index (χ1v) is 6.78. The van der Waals surface area contributed by atoms with Crippen LogP contribution in [0.4, 0.5) is 5.69 Å². The highest BCUT2D eigenvalue weighted by Crippen LogP contribution is 2.26. The van der Waals surface area contributed by atoms with E-state index >= 15 is 0 Å². The molecule has 1 heterocycles. The maximum Gasteiger partial charge on any atom is 0.287 e. The van der Waals surface area contributed by atoms with E-state index in [1.54, 1.807) is 12.3 Å². The lowest BCUT2D eigenvalue weighted by Gasteiger charge is -2.13. The Balaban J connectivity index is 2.03. The molecule has 2 atom stereocenters. The van der Waals surface area contributed by atoms with Gasteiger partial charge in [0.05, 0.1) is 24.5 Å². The van der Waals surface area contributed by atoms with E-state index in [9.17, 15) is 9.90 Å². The van der Waals surface area contributed by atoms with Gasteiger partial charge in [0.15, 0.2) is 0 Å². The molecule has 1 aliphatic rings. The van der Waals surface area contributed by atoms with Crippen molar-refractivity contribution in [1.29, 1.82) is 0 Å². The summed E-state index contributed by atoms with van der Waals surface area (Å²) in [5.74, 6) is 0.418. The van der Waals surface area contributed by atoms with Crippen molar-refractivity contribution < 1.29 is 5.11 Å². The van der Waals surface area contributed by atoms with E-state index in [-0.39, 0.29) is 16.7 Å². The number of hydrogen-bond acceptors (Lipinski definition) is 4. The molecule has 1 fully saturated rings. The number of anilines is 1. The Morgan fingerprint density at radius 1 is 1.63 bits per heavy atom. The van der Waals surface area contributed by atoms with E-state index in [0.29, 0.717) is 24.7 Å². The number of aliphatic hydroxyl groups excluding tert-OH is 1. The van der Waals surface area contributed by atoms with E-state index in [0.717, 1.165) is 19.3 Å². The van der Waals surface area contributed by atoms with E-state index in [1.165, 1.54) is 4.68 Å². The summed E-state index contributed by atoms with van der Waals surface area (Å²) >= 11 is 6.03. The quantitative estimate of drug-likeness (QED) is 0.807. The summed E-state index contributed by atoms with van der Waals surface area (Å²) in [5.41, 5.74) is 0.228. The molecule has 0 bridgehead atoms. The third-order valence-electron chi connectivity index (χ3n) is 3.38. The fourth-order valence-corrected chi connectivity index (χ4v) is 2.54. The first-order valence-electron chi connectivity index (χ1n) is 6.40. The third kappa shape index (κ3) is 3.36. The smallest absolute Gasteiger partial charge is 0.287 e. The summed E-state index contributed by atoms with van der Waals surface area (Å²) in [6.07, 6.45) is 5.59. The third-order valence-corrected chi connectivity index (χ3v) is 3.75. The van der Waals surface area contributed by atoms with E-state index < -0.39 is 0 Å². The number of nitrogens with zero attached hydrogens (tertiary/aromatic N) is 2. The number of aliphatic hydroxyl groups is 1. The van der Waals surface area contributed by atoms with Crippen LogP contribution in [-0.2, 0) is 6.54 Å². The molecule has 104 valence electrons. The van der Waals surface area contributed by atoms with Crippen LogP contribution in [0, 0.1) is 5.92 Å². The Hall–Kier alpha value is -1.33. The molecule has 6 heteroatoms. The van der Waals surface area contributed by atoms with Gasteiger partial charge in [-0.05, 0) is 25.2 Å². The molecule has 1 aliphatic carbocycles. The topological polar surface area (TPSA) is 67.2 Å². The molecule has 1 saturated carbocycles. The minimum Gasteiger partial charge on any atom is -0.393 e. The largest absolute Gasteiger partial charge is 0.393 e. The van der Waals surface area contributed by atoms with E-state index in [1.807, 2.05) is 0 Å². The van der Waals surface area contributed by atoms with Gasteiger partial charge in [-0.15, -0.1) is 6.58 Å². The van der Waals surface area contributed by atoms with Crippen LogP contribution in [0.25, 0.3) is 0 Å². The summed E-state index contributed by atoms with van der Waals surface area (Å²) in [4.78, 5) is 11.9. The van der Waals surface area contributed by atoms with Gasteiger partial charge in [0, 0.05) is 6.54 Å². The molecule has 2 rings (SSSR count). The molecular formula is C13H18ClN3O2. The van der Waals surface area contributed by atoms with Gasteiger partial charge in [-0.1, -0.05) is 17.7 Å². The van der Waals surface area contributed by atoms with Crippen molar-refractivity contribution in [1.82, 2.24) is 9.78 Å². The summed E-state index contributed by atoms with van der Waals surface area (Å²) in [7, 11) is 0. The van der Waals surface area contributed by atoms with E-state index in [2.05, 4.69) is 17.0 Å². The predicted octanol–water partition coefficient (Wildman–Crippen LogP) is 1.66. The van der Waals surface area contributed by atoms with Gasteiger partial charge in [0.25, 0.3) is 5.56 Å². The van der Waals surface area contributed by atoms with Gasteiger partial charge in [0.2, 0.25) is 0 Å². The number of hydrogen-bond donors (Lipinski definition) is 2. The molecule has 0 spiro atoms. The average molecular weight is 284 g/mol. The zero-order valence-electron chi connectivity index (χ0n) is 10.7. The van der Waals surface area contributed by atoms with Crippen LogP contribution in [0.15, 0.2) is 23.6 Å². The van der Waals surface area contributed by atoms with Crippen LogP contribution < -0.4 is 10.9 Å². The molecule has 1 aromatic heterocycles. The molecule has 2 unspecified atom stereocenters. The molecule has 0 aromatic carbocycles. The lowest BCUT2D eigenvalue weighted by atomic mass is 10.1. The van der Waals surface area contributed by atoms with Crippen molar-refractivity contribution in [2.75, 3.05) is 11.9 Å². The normalized spacial score (nSPS) is 22.4.